The van der Waals surface area contributed by atoms with Crippen molar-refractivity contribution in [1.82, 2.24) is 9.78 Å². The van der Waals surface area contributed by atoms with Crippen molar-refractivity contribution in [3.05, 3.63) is 50.8 Å². The molecule has 1 atom stereocenters. The molecule has 11 nitrogen and oxygen atoms in total. The monoisotopic (exact) mass is 349 g/mol. The fourth-order valence-corrected chi connectivity index (χ4v) is 2.06. The predicted octanol–water partition coefficient (Wildman–Crippen LogP) is 1.98. The zero-order valence-electron chi connectivity index (χ0n) is 13.4. The Hall–Kier alpha value is -3.50. The highest BCUT2D eigenvalue weighted by Crippen LogP contribution is 2.29. The molecule has 1 amide bonds. The highest BCUT2D eigenvalue weighted by atomic mass is 16.6. The first-order chi connectivity index (χ1) is 11.8. The Balaban J connectivity index is 2.10. The van der Waals surface area contributed by atoms with Crippen LogP contribution in [0.5, 0.6) is 5.75 Å². The number of amides is 1. The van der Waals surface area contributed by atoms with Crippen molar-refractivity contribution in [1.29, 1.82) is 0 Å². The summed E-state index contributed by atoms with van der Waals surface area (Å²) in [5.41, 5.74) is -0.442. The van der Waals surface area contributed by atoms with E-state index < -0.39 is 21.7 Å². The van der Waals surface area contributed by atoms with Crippen LogP contribution in [0.3, 0.4) is 0 Å². The second kappa shape index (κ2) is 7.38. The van der Waals surface area contributed by atoms with Crippen molar-refractivity contribution < 1.29 is 19.4 Å². The van der Waals surface area contributed by atoms with Crippen molar-refractivity contribution in [2.24, 2.45) is 5.92 Å². The van der Waals surface area contributed by atoms with E-state index in [1.54, 1.807) is 6.92 Å². The number of nitrogens with zero attached hydrogens (tertiary/aromatic N) is 4. The van der Waals surface area contributed by atoms with E-state index in [2.05, 4.69) is 10.4 Å². The van der Waals surface area contributed by atoms with Gasteiger partial charge in [0.2, 0.25) is 5.91 Å². The van der Waals surface area contributed by atoms with E-state index in [1.807, 2.05) is 0 Å². The molecule has 2 aromatic rings. The molecule has 0 bridgehead atoms. The minimum Gasteiger partial charge on any atom is -0.496 e. The average molecular weight is 349 g/mol. The van der Waals surface area contributed by atoms with Crippen LogP contribution in [0.15, 0.2) is 30.6 Å². The third-order valence-corrected chi connectivity index (χ3v) is 3.40. The minimum absolute atomic E-state index is 0.0362. The van der Waals surface area contributed by atoms with Crippen molar-refractivity contribution in [3.8, 4) is 5.75 Å². The second-order valence-electron chi connectivity index (χ2n) is 5.21. The zero-order chi connectivity index (χ0) is 18.6. The van der Waals surface area contributed by atoms with Crippen LogP contribution in [-0.4, -0.2) is 32.6 Å². The molecule has 2 rings (SSSR count). The lowest BCUT2D eigenvalue weighted by Gasteiger charge is -2.12. The summed E-state index contributed by atoms with van der Waals surface area (Å²) in [4.78, 5) is 32.8. The van der Waals surface area contributed by atoms with Crippen LogP contribution in [0.25, 0.3) is 0 Å². The number of nitrogens with one attached hydrogen (secondary N) is 1. The summed E-state index contributed by atoms with van der Waals surface area (Å²) in [6.45, 7) is 1.67. The van der Waals surface area contributed by atoms with Crippen molar-refractivity contribution in [3.63, 3.8) is 0 Å². The van der Waals surface area contributed by atoms with Crippen molar-refractivity contribution >= 4 is 23.0 Å². The van der Waals surface area contributed by atoms with Crippen LogP contribution >= 0.6 is 0 Å². The number of hydrogen-bond acceptors (Lipinski definition) is 7. The molecular formula is C14H15N5O6. The average Bonchev–Trinajstić information content (AvgIpc) is 3.03. The van der Waals surface area contributed by atoms with Crippen LogP contribution in [0.2, 0.25) is 0 Å². The van der Waals surface area contributed by atoms with Gasteiger partial charge in [0.1, 0.15) is 23.8 Å². The Morgan fingerprint density at radius 1 is 1.36 bits per heavy atom. The smallest absolute Gasteiger partial charge is 0.306 e. The van der Waals surface area contributed by atoms with E-state index in [-0.39, 0.29) is 23.6 Å². The van der Waals surface area contributed by atoms with Crippen LogP contribution in [0, 0.1) is 26.1 Å². The van der Waals surface area contributed by atoms with Gasteiger partial charge in [-0.1, -0.05) is 6.92 Å². The van der Waals surface area contributed by atoms with Gasteiger partial charge in [0.05, 0.1) is 35.5 Å². The molecule has 11 heteroatoms. The van der Waals surface area contributed by atoms with E-state index in [9.17, 15) is 25.0 Å². The zero-order valence-corrected chi connectivity index (χ0v) is 13.4. The van der Waals surface area contributed by atoms with Crippen LogP contribution in [0.1, 0.15) is 6.92 Å². The molecule has 0 aliphatic rings. The molecule has 0 spiro atoms. The summed E-state index contributed by atoms with van der Waals surface area (Å²) in [6, 6.07) is 4.07. The molecule has 132 valence electrons. The highest BCUT2D eigenvalue weighted by Gasteiger charge is 2.21. The summed E-state index contributed by atoms with van der Waals surface area (Å²) >= 11 is 0. The van der Waals surface area contributed by atoms with Gasteiger partial charge >= 0.3 is 5.69 Å². The molecule has 0 fully saturated rings. The Morgan fingerprint density at radius 3 is 2.64 bits per heavy atom. The molecule has 0 saturated carbocycles. The first-order valence-corrected chi connectivity index (χ1v) is 7.12. The predicted molar refractivity (Wildman–Crippen MR) is 86.3 cm³/mol. The van der Waals surface area contributed by atoms with Crippen LogP contribution in [0.4, 0.5) is 17.1 Å². The lowest BCUT2D eigenvalue weighted by Crippen LogP contribution is -2.25. The Morgan fingerprint density at radius 2 is 2.08 bits per heavy atom. The first-order valence-electron chi connectivity index (χ1n) is 7.12. The maximum absolute atomic E-state index is 12.2. The van der Waals surface area contributed by atoms with Gasteiger partial charge in [-0.05, 0) is 12.1 Å². The third-order valence-electron chi connectivity index (χ3n) is 3.40. The van der Waals surface area contributed by atoms with Gasteiger partial charge in [0.15, 0.2) is 0 Å². The minimum atomic E-state index is -0.625. The van der Waals surface area contributed by atoms with Crippen LogP contribution in [-0.2, 0) is 11.3 Å². The fraction of sp³-hybridized carbons (Fsp3) is 0.286. The first kappa shape index (κ1) is 17.8. The number of nitro groups is 2. The van der Waals surface area contributed by atoms with E-state index in [0.717, 1.165) is 6.20 Å². The van der Waals surface area contributed by atoms with Gasteiger partial charge in [-0.15, -0.1) is 0 Å². The largest absolute Gasteiger partial charge is 0.496 e. The number of hydrogen-bond donors (Lipinski definition) is 1. The molecule has 1 aromatic heterocycles. The van der Waals surface area contributed by atoms with E-state index in [0.29, 0.717) is 5.75 Å². The summed E-state index contributed by atoms with van der Waals surface area (Å²) in [6.07, 6.45) is 2.29. The van der Waals surface area contributed by atoms with Gasteiger partial charge in [0, 0.05) is 0 Å². The molecule has 1 unspecified atom stereocenters. The van der Waals surface area contributed by atoms with Gasteiger partial charge < -0.3 is 10.1 Å². The molecule has 0 saturated heterocycles. The molecule has 1 heterocycles. The molecular weight excluding hydrogens is 334 g/mol. The normalized spacial score (nSPS) is 11.6. The molecule has 1 N–H and O–H groups in total. The number of anilines is 1. The fourth-order valence-electron chi connectivity index (χ4n) is 2.06. The molecule has 0 aliphatic carbocycles. The number of carbonyl (C=O) groups excluding carboxylic acids is 1. The van der Waals surface area contributed by atoms with Gasteiger partial charge in [-0.3, -0.25) is 29.7 Å². The number of benzene rings is 1. The molecule has 0 aliphatic heterocycles. The summed E-state index contributed by atoms with van der Waals surface area (Å²) in [5.74, 6) is -0.811. The van der Waals surface area contributed by atoms with Gasteiger partial charge in [-0.25, -0.2) is 0 Å². The van der Waals surface area contributed by atoms with Crippen molar-refractivity contribution in [2.45, 2.75) is 13.5 Å². The number of rotatable bonds is 7. The van der Waals surface area contributed by atoms with E-state index >= 15 is 0 Å². The van der Waals surface area contributed by atoms with Gasteiger partial charge in [0.25, 0.3) is 5.69 Å². The highest BCUT2D eigenvalue weighted by molar-refractivity contribution is 5.94. The number of aromatic nitrogens is 2. The van der Waals surface area contributed by atoms with Crippen LogP contribution < -0.4 is 10.1 Å². The third kappa shape index (κ3) is 4.28. The molecule has 1 aromatic carbocycles. The Labute approximate surface area is 141 Å². The maximum Gasteiger partial charge on any atom is 0.306 e. The van der Waals surface area contributed by atoms with Gasteiger partial charge in [-0.2, -0.15) is 5.10 Å². The number of methoxy groups -OCH3 is 1. The second-order valence-corrected chi connectivity index (χ2v) is 5.21. The lowest BCUT2D eigenvalue weighted by atomic mass is 10.1. The van der Waals surface area contributed by atoms with E-state index in [4.69, 9.17) is 4.74 Å². The molecule has 0 radical (unpaired) electrons. The SMILES string of the molecule is COc1ccc(NC(=O)C(C)Cn2cc([N+](=O)[O-])cn2)c([N+](=O)[O-])c1. The topological polar surface area (TPSA) is 142 Å². The Bertz CT molecular complexity index is 818. The van der Waals surface area contributed by atoms with Crippen molar-refractivity contribution in [2.75, 3.05) is 12.4 Å². The van der Waals surface area contributed by atoms with E-state index in [1.165, 1.54) is 36.2 Å². The molecule has 25 heavy (non-hydrogen) atoms. The standard InChI is InChI=1S/C14H15N5O6/c1-9(7-17-8-10(6-15-17)18(21)22)14(20)16-12-4-3-11(25-2)5-13(12)19(23)24/h3-6,8-9H,7H2,1-2H3,(H,16,20). The number of ether oxygens (including phenoxy) is 1. The summed E-state index contributed by atoms with van der Waals surface area (Å²) in [5, 5.41) is 28.0. The number of carbonyl (C=O) groups is 1. The Kier molecular flexibility index (Phi) is 5.27. The maximum atomic E-state index is 12.2. The number of nitro benzene ring substituents is 1. The summed E-state index contributed by atoms with van der Waals surface area (Å²) < 4.78 is 6.20. The quantitative estimate of drug-likeness (QED) is 0.594. The lowest BCUT2D eigenvalue weighted by molar-refractivity contribution is -0.385. The summed E-state index contributed by atoms with van der Waals surface area (Å²) in [7, 11) is 1.38.